The lowest BCUT2D eigenvalue weighted by molar-refractivity contribution is 0.0939. The quantitative estimate of drug-likeness (QED) is 0.938. The van der Waals surface area contributed by atoms with Crippen molar-refractivity contribution in [3.63, 3.8) is 0 Å². The number of nitrogens with zero attached hydrogens (tertiary/aromatic N) is 2. The fourth-order valence-corrected chi connectivity index (χ4v) is 2.05. The van der Waals surface area contributed by atoms with Crippen molar-refractivity contribution in [1.29, 1.82) is 0 Å². The summed E-state index contributed by atoms with van der Waals surface area (Å²) in [6.45, 7) is 3.79. The van der Waals surface area contributed by atoms with Gasteiger partial charge in [0.15, 0.2) is 0 Å². The van der Waals surface area contributed by atoms with Gasteiger partial charge in [-0.3, -0.25) is 9.48 Å². The predicted octanol–water partition coefficient (Wildman–Crippen LogP) is 2.87. The summed E-state index contributed by atoms with van der Waals surface area (Å²) in [4.78, 5) is 12.2. The molecule has 0 saturated carbocycles. The number of rotatable bonds is 3. The summed E-state index contributed by atoms with van der Waals surface area (Å²) < 4.78 is 1.68. The Morgan fingerprint density at radius 1 is 1.47 bits per heavy atom. The lowest BCUT2D eigenvalue weighted by Gasteiger charge is -2.14. The van der Waals surface area contributed by atoms with E-state index in [0.29, 0.717) is 10.6 Å². The van der Waals surface area contributed by atoms with Crippen molar-refractivity contribution < 1.29 is 4.79 Å². The van der Waals surface area contributed by atoms with E-state index in [0.717, 1.165) is 11.3 Å². The second-order valence-electron chi connectivity index (χ2n) is 4.52. The van der Waals surface area contributed by atoms with Gasteiger partial charge in [-0.1, -0.05) is 23.7 Å². The molecule has 0 aliphatic heterocycles. The Bertz CT molecular complexity index is 606. The standard InChI is InChI=1S/C14H16ClN3O/c1-9(11-5-4-6-12(15)7-11)17-14(19)13-8-16-18(3)10(13)2/h4-9H,1-3H3,(H,17,19). The third-order valence-electron chi connectivity index (χ3n) is 3.18. The predicted molar refractivity (Wildman–Crippen MR) is 75.3 cm³/mol. The minimum Gasteiger partial charge on any atom is -0.345 e. The zero-order valence-electron chi connectivity index (χ0n) is 11.1. The number of halogens is 1. The molecule has 0 radical (unpaired) electrons. The topological polar surface area (TPSA) is 46.9 Å². The molecule has 0 saturated heterocycles. The Labute approximate surface area is 117 Å². The second-order valence-corrected chi connectivity index (χ2v) is 4.95. The smallest absolute Gasteiger partial charge is 0.255 e. The summed E-state index contributed by atoms with van der Waals surface area (Å²) in [7, 11) is 1.81. The van der Waals surface area contributed by atoms with Crippen molar-refractivity contribution in [2.45, 2.75) is 19.9 Å². The molecule has 100 valence electrons. The first-order chi connectivity index (χ1) is 8.99. The van der Waals surface area contributed by atoms with Crippen LogP contribution in [0.3, 0.4) is 0 Å². The second kappa shape index (κ2) is 5.45. The molecule has 0 aliphatic rings. The minimum absolute atomic E-state index is 0.106. The van der Waals surface area contributed by atoms with Crippen LogP contribution in [0.5, 0.6) is 0 Å². The van der Waals surface area contributed by atoms with Gasteiger partial charge in [0.25, 0.3) is 5.91 Å². The highest BCUT2D eigenvalue weighted by molar-refractivity contribution is 6.30. The molecule has 1 aromatic carbocycles. The minimum atomic E-state index is -0.127. The van der Waals surface area contributed by atoms with Crippen LogP contribution >= 0.6 is 11.6 Å². The number of amides is 1. The van der Waals surface area contributed by atoms with Gasteiger partial charge in [-0.05, 0) is 31.5 Å². The van der Waals surface area contributed by atoms with E-state index in [4.69, 9.17) is 11.6 Å². The van der Waals surface area contributed by atoms with Gasteiger partial charge in [0.1, 0.15) is 0 Å². The number of nitrogens with one attached hydrogen (secondary N) is 1. The number of aromatic nitrogens is 2. The van der Waals surface area contributed by atoms with Gasteiger partial charge in [0.2, 0.25) is 0 Å². The molecule has 2 rings (SSSR count). The number of benzene rings is 1. The third kappa shape index (κ3) is 2.96. The first kappa shape index (κ1) is 13.6. The zero-order chi connectivity index (χ0) is 14.0. The maximum absolute atomic E-state index is 12.2. The third-order valence-corrected chi connectivity index (χ3v) is 3.41. The van der Waals surface area contributed by atoms with Crippen molar-refractivity contribution in [3.05, 3.63) is 52.3 Å². The molecule has 5 heteroatoms. The highest BCUT2D eigenvalue weighted by Crippen LogP contribution is 2.18. The molecule has 1 amide bonds. The first-order valence-corrected chi connectivity index (χ1v) is 6.41. The van der Waals surface area contributed by atoms with Crippen molar-refractivity contribution in [1.82, 2.24) is 15.1 Å². The molecule has 0 aliphatic carbocycles. The highest BCUT2D eigenvalue weighted by Gasteiger charge is 2.15. The van der Waals surface area contributed by atoms with Crippen LogP contribution in [0.1, 0.15) is 34.6 Å². The van der Waals surface area contributed by atoms with Crippen LogP contribution in [-0.2, 0) is 7.05 Å². The molecule has 0 spiro atoms. The average molecular weight is 278 g/mol. The maximum Gasteiger partial charge on any atom is 0.255 e. The van der Waals surface area contributed by atoms with Gasteiger partial charge >= 0.3 is 0 Å². The van der Waals surface area contributed by atoms with Crippen LogP contribution in [0.15, 0.2) is 30.5 Å². The monoisotopic (exact) mass is 277 g/mol. The molecule has 4 nitrogen and oxygen atoms in total. The summed E-state index contributed by atoms with van der Waals surface area (Å²) in [5.41, 5.74) is 2.41. The molecule has 1 atom stereocenters. The fraction of sp³-hybridized carbons (Fsp3) is 0.286. The molecule has 1 heterocycles. The molecular weight excluding hydrogens is 262 g/mol. The van der Waals surface area contributed by atoms with Crippen molar-refractivity contribution in [2.75, 3.05) is 0 Å². The molecule has 1 aromatic heterocycles. The van der Waals surface area contributed by atoms with Crippen molar-refractivity contribution in [2.24, 2.45) is 7.05 Å². The molecular formula is C14H16ClN3O. The first-order valence-electron chi connectivity index (χ1n) is 6.04. The number of carbonyl (C=O) groups excluding carboxylic acids is 1. The summed E-state index contributed by atoms with van der Waals surface area (Å²) >= 11 is 5.94. The summed E-state index contributed by atoms with van der Waals surface area (Å²) in [6.07, 6.45) is 1.58. The lowest BCUT2D eigenvalue weighted by atomic mass is 10.1. The fourth-order valence-electron chi connectivity index (χ4n) is 1.86. The molecule has 2 aromatic rings. The Kier molecular flexibility index (Phi) is 3.90. The molecule has 0 bridgehead atoms. The Hall–Kier alpha value is -1.81. The van der Waals surface area contributed by atoms with Gasteiger partial charge in [-0.25, -0.2) is 0 Å². The van der Waals surface area contributed by atoms with Crippen LogP contribution in [0.4, 0.5) is 0 Å². The van der Waals surface area contributed by atoms with E-state index in [-0.39, 0.29) is 11.9 Å². The Balaban J connectivity index is 2.13. The number of hydrogen-bond donors (Lipinski definition) is 1. The number of aryl methyl sites for hydroxylation is 1. The van der Waals surface area contributed by atoms with E-state index in [1.54, 1.807) is 10.9 Å². The number of carbonyl (C=O) groups is 1. The van der Waals surface area contributed by atoms with E-state index in [1.807, 2.05) is 45.2 Å². The average Bonchev–Trinajstić information content (AvgIpc) is 2.70. The van der Waals surface area contributed by atoms with Crippen molar-refractivity contribution >= 4 is 17.5 Å². The highest BCUT2D eigenvalue weighted by atomic mass is 35.5. The largest absolute Gasteiger partial charge is 0.345 e. The van der Waals surface area contributed by atoms with Crippen LogP contribution in [-0.4, -0.2) is 15.7 Å². The summed E-state index contributed by atoms with van der Waals surface area (Å²) in [6, 6.07) is 7.36. The molecule has 19 heavy (non-hydrogen) atoms. The van der Waals surface area contributed by atoms with E-state index in [9.17, 15) is 4.79 Å². The van der Waals surface area contributed by atoms with Gasteiger partial charge in [-0.15, -0.1) is 0 Å². The van der Waals surface area contributed by atoms with E-state index < -0.39 is 0 Å². The summed E-state index contributed by atoms with van der Waals surface area (Å²) in [5.74, 6) is -0.127. The maximum atomic E-state index is 12.2. The Morgan fingerprint density at radius 2 is 2.21 bits per heavy atom. The molecule has 1 N–H and O–H groups in total. The van der Waals surface area contributed by atoms with Gasteiger partial charge < -0.3 is 5.32 Å². The van der Waals surface area contributed by atoms with E-state index in [2.05, 4.69) is 10.4 Å². The number of hydrogen-bond acceptors (Lipinski definition) is 2. The van der Waals surface area contributed by atoms with Gasteiger partial charge in [0, 0.05) is 17.8 Å². The van der Waals surface area contributed by atoms with Crippen LogP contribution < -0.4 is 5.32 Å². The van der Waals surface area contributed by atoms with Crippen molar-refractivity contribution in [3.8, 4) is 0 Å². The summed E-state index contributed by atoms with van der Waals surface area (Å²) in [5, 5.41) is 7.67. The van der Waals surface area contributed by atoms with E-state index >= 15 is 0 Å². The van der Waals surface area contributed by atoms with Gasteiger partial charge in [-0.2, -0.15) is 5.10 Å². The van der Waals surface area contributed by atoms with Gasteiger partial charge in [0.05, 0.1) is 17.8 Å². The normalized spacial score (nSPS) is 12.2. The SMILES string of the molecule is Cc1c(C(=O)NC(C)c2cccc(Cl)c2)cnn1C. The van der Waals surface area contributed by atoms with Crippen LogP contribution in [0.2, 0.25) is 5.02 Å². The molecule has 1 unspecified atom stereocenters. The lowest BCUT2D eigenvalue weighted by Crippen LogP contribution is -2.27. The van der Waals surface area contributed by atoms with Crippen LogP contribution in [0, 0.1) is 6.92 Å². The van der Waals surface area contributed by atoms with E-state index in [1.165, 1.54) is 0 Å². The zero-order valence-corrected chi connectivity index (χ0v) is 11.9. The Morgan fingerprint density at radius 3 is 2.79 bits per heavy atom. The molecule has 0 fully saturated rings. The van der Waals surface area contributed by atoms with Crippen LogP contribution in [0.25, 0.3) is 0 Å².